The third kappa shape index (κ3) is 4.92. The molecule has 2 rings (SSSR count). The molecule has 0 heterocycles. The zero-order chi connectivity index (χ0) is 18.4. The van der Waals surface area contributed by atoms with Gasteiger partial charge in [0, 0.05) is 6.07 Å². The molecule has 2 atom stereocenters. The van der Waals surface area contributed by atoms with Crippen molar-refractivity contribution in [3.63, 3.8) is 0 Å². The molecule has 132 valence electrons. The van der Waals surface area contributed by atoms with E-state index in [1.165, 1.54) is 25.1 Å². The highest BCUT2D eigenvalue weighted by atomic mass is 16.6. The van der Waals surface area contributed by atoms with E-state index in [9.17, 15) is 20.0 Å². The van der Waals surface area contributed by atoms with Gasteiger partial charge >= 0.3 is 11.8 Å². The number of carbonyl (C=O) groups is 1. The Morgan fingerprint density at radius 3 is 2.56 bits per heavy atom. The third-order valence-corrected chi connectivity index (χ3v) is 3.58. The number of nitrogens with one attached hydrogen (secondary N) is 1. The van der Waals surface area contributed by atoms with E-state index in [4.69, 9.17) is 9.84 Å². The van der Waals surface area contributed by atoms with Crippen molar-refractivity contribution >= 4 is 11.8 Å². The summed E-state index contributed by atoms with van der Waals surface area (Å²) in [5.74, 6) is 0.00734. The van der Waals surface area contributed by atoms with Crippen molar-refractivity contribution in [3.05, 3.63) is 69.8 Å². The fourth-order valence-corrected chi connectivity index (χ4v) is 2.28. The Hall–Kier alpha value is -3.13. The standard InChI is InChI=1S/C17H18N2O6/c1-11(18-17(21)22)16(20)13-7-8-14(19(23)24)15(9-13)25-10-12-5-3-2-4-6-12/h2-9,11,16,18,20H,10H2,1H3,(H,21,22)/t11-,16-/m0/s1. The van der Waals surface area contributed by atoms with Gasteiger partial charge in [-0.05, 0) is 30.2 Å². The number of benzene rings is 2. The summed E-state index contributed by atoms with van der Waals surface area (Å²) in [7, 11) is 0. The summed E-state index contributed by atoms with van der Waals surface area (Å²) >= 11 is 0. The Morgan fingerprint density at radius 1 is 1.28 bits per heavy atom. The minimum Gasteiger partial charge on any atom is -0.482 e. The molecule has 3 N–H and O–H groups in total. The quantitative estimate of drug-likeness (QED) is 0.523. The zero-order valence-corrected chi connectivity index (χ0v) is 13.5. The number of carboxylic acid groups (broad SMARTS) is 1. The van der Waals surface area contributed by atoms with Gasteiger partial charge in [0.25, 0.3) is 0 Å². The SMILES string of the molecule is C[C@H](NC(=O)O)[C@H](O)c1ccc([N+](=O)[O-])c(OCc2ccccc2)c1. The maximum atomic E-state index is 11.2. The molecule has 0 bridgehead atoms. The van der Waals surface area contributed by atoms with Crippen LogP contribution in [0.4, 0.5) is 10.5 Å². The smallest absolute Gasteiger partial charge is 0.404 e. The molecule has 0 spiro atoms. The molecule has 8 heteroatoms. The van der Waals surface area contributed by atoms with Gasteiger partial charge in [0.05, 0.1) is 17.1 Å². The number of hydrogen-bond acceptors (Lipinski definition) is 5. The van der Waals surface area contributed by atoms with Gasteiger partial charge in [-0.3, -0.25) is 10.1 Å². The predicted octanol–water partition coefficient (Wildman–Crippen LogP) is 2.86. The Bertz CT molecular complexity index is 750. The Balaban J connectivity index is 2.23. The number of nitro groups is 1. The van der Waals surface area contributed by atoms with Crippen molar-refractivity contribution in [1.82, 2.24) is 5.32 Å². The second kappa shape index (κ2) is 8.11. The molecule has 2 aromatic carbocycles. The molecule has 0 unspecified atom stereocenters. The van der Waals surface area contributed by atoms with E-state index in [0.717, 1.165) is 5.56 Å². The van der Waals surface area contributed by atoms with Gasteiger partial charge in [-0.25, -0.2) is 4.79 Å². The Kier molecular flexibility index (Phi) is 5.91. The summed E-state index contributed by atoms with van der Waals surface area (Å²) in [6, 6.07) is 12.3. The molecule has 0 aromatic heterocycles. The monoisotopic (exact) mass is 346 g/mol. The molecule has 0 saturated carbocycles. The molecule has 1 amide bonds. The fraction of sp³-hybridized carbons (Fsp3) is 0.235. The molecule has 0 saturated heterocycles. The number of hydrogen-bond donors (Lipinski definition) is 3. The summed E-state index contributed by atoms with van der Waals surface area (Å²) in [5, 5.41) is 32.3. The minimum atomic E-state index is -1.27. The second-order valence-electron chi connectivity index (χ2n) is 5.44. The maximum Gasteiger partial charge on any atom is 0.404 e. The normalized spacial score (nSPS) is 12.9. The predicted molar refractivity (Wildman–Crippen MR) is 89.5 cm³/mol. The molecular weight excluding hydrogens is 328 g/mol. The lowest BCUT2D eigenvalue weighted by Crippen LogP contribution is -2.35. The molecule has 0 aliphatic heterocycles. The number of nitro benzene ring substituents is 1. The van der Waals surface area contributed by atoms with Crippen LogP contribution in [0.1, 0.15) is 24.2 Å². The summed E-state index contributed by atoms with van der Waals surface area (Å²) in [6.07, 6.45) is -2.44. The van der Waals surface area contributed by atoms with Crippen LogP contribution in [0, 0.1) is 10.1 Å². The molecule has 2 aromatic rings. The molecule has 8 nitrogen and oxygen atoms in total. The first-order valence-corrected chi connectivity index (χ1v) is 7.51. The van der Waals surface area contributed by atoms with Crippen molar-refractivity contribution in [2.24, 2.45) is 0 Å². The van der Waals surface area contributed by atoms with Gasteiger partial charge in [-0.1, -0.05) is 30.3 Å². The van der Waals surface area contributed by atoms with E-state index < -0.39 is 23.2 Å². The minimum absolute atomic E-state index is 0.00734. The van der Waals surface area contributed by atoms with Crippen LogP contribution in [0.15, 0.2) is 48.5 Å². The van der Waals surface area contributed by atoms with E-state index in [1.54, 1.807) is 0 Å². The number of ether oxygens (including phenoxy) is 1. The van der Waals surface area contributed by atoms with Crippen molar-refractivity contribution in [2.45, 2.75) is 25.7 Å². The lowest BCUT2D eigenvalue weighted by atomic mass is 10.0. The van der Waals surface area contributed by atoms with Crippen LogP contribution in [0.5, 0.6) is 5.75 Å². The molecule has 0 aliphatic carbocycles. The maximum absolute atomic E-state index is 11.2. The molecule has 0 aliphatic rings. The first kappa shape index (κ1) is 18.2. The number of aliphatic hydroxyl groups is 1. The van der Waals surface area contributed by atoms with Gasteiger partial charge in [0.15, 0.2) is 5.75 Å². The van der Waals surface area contributed by atoms with E-state index in [0.29, 0.717) is 5.56 Å². The molecule has 0 radical (unpaired) electrons. The fourth-order valence-electron chi connectivity index (χ4n) is 2.28. The number of nitrogens with zero attached hydrogens (tertiary/aromatic N) is 1. The topological polar surface area (TPSA) is 122 Å². The van der Waals surface area contributed by atoms with Gasteiger partial charge in [0.2, 0.25) is 0 Å². The van der Waals surface area contributed by atoms with Crippen LogP contribution >= 0.6 is 0 Å². The highest BCUT2D eigenvalue weighted by Gasteiger charge is 2.22. The lowest BCUT2D eigenvalue weighted by molar-refractivity contribution is -0.386. The highest BCUT2D eigenvalue weighted by Crippen LogP contribution is 2.31. The van der Waals surface area contributed by atoms with Crippen LogP contribution in [0.25, 0.3) is 0 Å². The number of aliphatic hydroxyl groups excluding tert-OH is 1. The van der Waals surface area contributed by atoms with Gasteiger partial charge < -0.3 is 20.3 Å². The van der Waals surface area contributed by atoms with Crippen LogP contribution in [-0.2, 0) is 6.61 Å². The highest BCUT2D eigenvalue weighted by molar-refractivity contribution is 5.65. The lowest BCUT2D eigenvalue weighted by Gasteiger charge is -2.19. The van der Waals surface area contributed by atoms with Crippen molar-refractivity contribution in [2.75, 3.05) is 0 Å². The van der Waals surface area contributed by atoms with Crippen LogP contribution in [-0.4, -0.2) is 27.3 Å². The first-order chi connectivity index (χ1) is 11.9. The zero-order valence-electron chi connectivity index (χ0n) is 13.5. The summed E-state index contributed by atoms with van der Waals surface area (Å²) in [5.41, 5.74) is 0.921. The van der Waals surface area contributed by atoms with E-state index in [-0.39, 0.29) is 18.0 Å². The first-order valence-electron chi connectivity index (χ1n) is 7.51. The second-order valence-corrected chi connectivity index (χ2v) is 5.44. The van der Waals surface area contributed by atoms with E-state index >= 15 is 0 Å². The van der Waals surface area contributed by atoms with Crippen molar-refractivity contribution in [1.29, 1.82) is 0 Å². The molecule has 25 heavy (non-hydrogen) atoms. The number of amides is 1. The third-order valence-electron chi connectivity index (χ3n) is 3.58. The average Bonchev–Trinajstić information content (AvgIpc) is 2.59. The summed E-state index contributed by atoms with van der Waals surface area (Å²) < 4.78 is 5.55. The molecular formula is C17H18N2O6. The summed E-state index contributed by atoms with van der Waals surface area (Å²) in [6.45, 7) is 1.62. The van der Waals surface area contributed by atoms with Crippen LogP contribution in [0.3, 0.4) is 0 Å². The average molecular weight is 346 g/mol. The van der Waals surface area contributed by atoms with Crippen molar-refractivity contribution < 1.29 is 24.7 Å². The number of rotatable bonds is 7. The van der Waals surface area contributed by atoms with Crippen molar-refractivity contribution in [3.8, 4) is 5.75 Å². The Morgan fingerprint density at radius 2 is 1.96 bits per heavy atom. The largest absolute Gasteiger partial charge is 0.482 e. The van der Waals surface area contributed by atoms with E-state index in [2.05, 4.69) is 5.32 Å². The molecule has 0 fully saturated rings. The van der Waals surface area contributed by atoms with Gasteiger partial charge in [-0.2, -0.15) is 0 Å². The van der Waals surface area contributed by atoms with E-state index in [1.807, 2.05) is 30.3 Å². The van der Waals surface area contributed by atoms with Crippen LogP contribution in [0.2, 0.25) is 0 Å². The van der Waals surface area contributed by atoms with Gasteiger partial charge in [0.1, 0.15) is 6.61 Å². The Labute approximate surface area is 143 Å². The summed E-state index contributed by atoms with van der Waals surface area (Å²) in [4.78, 5) is 21.3. The van der Waals surface area contributed by atoms with Gasteiger partial charge in [-0.15, -0.1) is 0 Å². The van der Waals surface area contributed by atoms with Crippen LogP contribution < -0.4 is 10.1 Å².